The second kappa shape index (κ2) is 3.66. The van der Waals surface area contributed by atoms with E-state index in [2.05, 4.69) is 0 Å². The van der Waals surface area contributed by atoms with E-state index in [4.69, 9.17) is 4.55 Å². The molecule has 0 spiro atoms. The van der Waals surface area contributed by atoms with Crippen molar-refractivity contribution in [2.45, 2.75) is 30.4 Å². The van der Waals surface area contributed by atoms with Crippen molar-refractivity contribution >= 4 is 15.9 Å². The van der Waals surface area contributed by atoms with Crippen molar-refractivity contribution in [1.29, 1.82) is 0 Å². The zero-order valence-electron chi connectivity index (χ0n) is 8.95. The maximum Gasteiger partial charge on any atom is 0.431 e. The number of rotatable bonds is 3. The van der Waals surface area contributed by atoms with Crippen LogP contribution in [0.15, 0.2) is 0 Å². The van der Waals surface area contributed by atoms with Crippen LogP contribution in [0.3, 0.4) is 0 Å². The van der Waals surface area contributed by atoms with Crippen LogP contribution < -0.4 is 0 Å². The first-order valence-corrected chi connectivity index (χ1v) is 6.68. The molecule has 0 amide bonds. The first-order chi connectivity index (χ1) is 7.98. The van der Waals surface area contributed by atoms with Crippen molar-refractivity contribution in [1.82, 2.24) is 0 Å². The van der Waals surface area contributed by atoms with E-state index in [0.29, 0.717) is 0 Å². The van der Waals surface area contributed by atoms with E-state index in [0.717, 1.165) is 0 Å². The van der Waals surface area contributed by atoms with E-state index >= 15 is 0 Å². The van der Waals surface area contributed by atoms with Gasteiger partial charge in [0.05, 0.1) is 0 Å². The molecule has 0 saturated heterocycles. The lowest BCUT2D eigenvalue weighted by atomic mass is 9.83. The summed E-state index contributed by atoms with van der Waals surface area (Å²) in [5.41, 5.74) is 0. The predicted octanol–water partition coefficient (Wildman–Crippen LogP) is 1.72. The number of carbonyl (C=O) groups excluding carboxylic acids is 1. The Morgan fingerprint density at radius 3 is 2.11 bits per heavy atom. The predicted molar refractivity (Wildman–Crippen MR) is 50.8 cm³/mol. The Morgan fingerprint density at radius 1 is 1.17 bits per heavy atom. The van der Waals surface area contributed by atoms with Gasteiger partial charge < -0.3 is 0 Å². The molecule has 0 radical (unpaired) electrons. The average molecular weight is 290 g/mol. The Bertz CT molecular complexity index is 487. The van der Waals surface area contributed by atoms with Crippen LogP contribution in [-0.4, -0.2) is 29.9 Å². The quantitative estimate of drug-likeness (QED) is 0.634. The number of hydrogen-bond donors (Lipinski definition) is 1. The molecule has 2 bridgehead atoms. The van der Waals surface area contributed by atoms with Crippen molar-refractivity contribution in [2.24, 2.45) is 17.8 Å². The average Bonchev–Trinajstić information content (AvgIpc) is 2.73. The minimum atomic E-state index is -6.23. The number of ketones is 1. The highest BCUT2D eigenvalue weighted by Crippen LogP contribution is 2.56. The number of carbonyl (C=O) groups is 1. The fraction of sp³-hybridized carbons (Fsp3) is 0.889. The largest absolute Gasteiger partial charge is 0.431 e. The van der Waals surface area contributed by atoms with Gasteiger partial charge in [0.25, 0.3) is 0 Å². The lowest BCUT2D eigenvalue weighted by Crippen LogP contribution is -2.53. The molecule has 9 heteroatoms. The van der Waals surface area contributed by atoms with Gasteiger partial charge in [0, 0.05) is 18.3 Å². The SMILES string of the molecule is O=C1CC2CC1C(C(F)(F)C(F)(F)S(=O)(=O)O)C2. The second-order valence-electron chi connectivity index (χ2n) is 4.84. The minimum absolute atomic E-state index is 0.0781. The Hall–Kier alpha value is -0.700. The van der Waals surface area contributed by atoms with Gasteiger partial charge in [-0.25, -0.2) is 0 Å². The van der Waals surface area contributed by atoms with Crippen LogP contribution in [0.25, 0.3) is 0 Å². The molecule has 3 atom stereocenters. The third kappa shape index (κ3) is 1.67. The Morgan fingerprint density at radius 2 is 1.72 bits per heavy atom. The molecule has 18 heavy (non-hydrogen) atoms. The molecule has 2 fully saturated rings. The van der Waals surface area contributed by atoms with E-state index in [1.807, 2.05) is 0 Å². The Labute approximate surface area is 100 Å². The normalized spacial score (nSPS) is 33.2. The molecule has 0 aromatic rings. The number of Topliss-reactive ketones (excluding diaryl/α,β-unsaturated/α-hetero) is 1. The van der Waals surface area contributed by atoms with Crippen LogP contribution in [-0.2, 0) is 14.9 Å². The van der Waals surface area contributed by atoms with Crippen LogP contribution in [0, 0.1) is 17.8 Å². The van der Waals surface area contributed by atoms with E-state index in [1.54, 1.807) is 0 Å². The highest BCUT2D eigenvalue weighted by atomic mass is 32.2. The molecule has 0 aromatic heterocycles. The molecule has 0 heterocycles. The molecule has 0 aromatic carbocycles. The maximum absolute atomic E-state index is 13.6. The molecule has 0 aliphatic heterocycles. The molecule has 3 unspecified atom stereocenters. The van der Waals surface area contributed by atoms with Crippen molar-refractivity contribution < 1.29 is 35.3 Å². The first-order valence-electron chi connectivity index (χ1n) is 5.24. The Kier molecular flexibility index (Phi) is 2.79. The summed E-state index contributed by atoms with van der Waals surface area (Å²) < 4.78 is 82.4. The van der Waals surface area contributed by atoms with Crippen LogP contribution >= 0.6 is 0 Å². The van der Waals surface area contributed by atoms with Gasteiger partial charge in [0.1, 0.15) is 5.78 Å². The number of hydrogen-bond acceptors (Lipinski definition) is 3. The number of halogens is 4. The standard InChI is InChI=1S/C9H10F4O4S/c10-8(11,9(12,13)18(15,16)17)6-2-4-1-5(6)7(14)3-4/h4-6H,1-3H2,(H,15,16,17). The number of alkyl halides is 4. The minimum Gasteiger partial charge on any atom is -0.299 e. The van der Waals surface area contributed by atoms with Gasteiger partial charge in [0.2, 0.25) is 0 Å². The van der Waals surface area contributed by atoms with Gasteiger partial charge in [-0.1, -0.05) is 0 Å². The van der Waals surface area contributed by atoms with E-state index in [-0.39, 0.29) is 19.3 Å². The molecular formula is C9H10F4O4S. The van der Waals surface area contributed by atoms with Gasteiger partial charge in [-0.3, -0.25) is 9.35 Å². The maximum atomic E-state index is 13.6. The van der Waals surface area contributed by atoms with Gasteiger partial charge in [-0.15, -0.1) is 0 Å². The summed E-state index contributed by atoms with van der Waals surface area (Å²) in [6.45, 7) is 0. The lowest BCUT2D eigenvalue weighted by molar-refractivity contribution is -0.202. The molecule has 2 aliphatic rings. The van der Waals surface area contributed by atoms with Crippen LogP contribution in [0.1, 0.15) is 19.3 Å². The highest BCUT2D eigenvalue weighted by molar-refractivity contribution is 7.87. The molecular weight excluding hydrogens is 280 g/mol. The van der Waals surface area contributed by atoms with Gasteiger partial charge >= 0.3 is 21.3 Å². The Balaban J connectivity index is 2.36. The molecule has 2 aliphatic carbocycles. The summed E-state index contributed by atoms with van der Waals surface area (Å²) in [5.74, 6) is -9.15. The van der Waals surface area contributed by atoms with Crippen LogP contribution in [0.5, 0.6) is 0 Å². The van der Waals surface area contributed by atoms with E-state index < -0.39 is 44.8 Å². The third-order valence-corrected chi connectivity index (χ3v) is 4.66. The fourth-order valence-corrected chi connectivity index (χ4v) is 3.39. The second-order valence-corrected chi connectivity index (χ2v) is 6.30. The summed E-state index contributed by atoms with van der Waals surface area (Å²) in [4.78, 5) is 11.3. The van der Waals surface area contributed by atoms with Gasteiger partial charge in [0.15, 0.2) is 0 Å². The molecule has 1 N–H and O–H groups in total. The van der Waals surface area contributed by atoms with Gasteiger partial charge in [-0.2, -0.15) is 26.0 Å². The zero-order valence-corrected chi connectivity index (χ0v) is 9.76. The van der Waals surface area contributed by atoms with Crippen molar-refractivity contribution in [3.63, 3.8) is 0 Å². The zero-order chi connectivity index (χ0) is 13.9. The summed E-state index contributed by atoms with van der Waals surface area (Å²) in [5, 5.41) is -5.57. The molecule has 104 valence electrons. The molecule has 2 saturated carbocycles. The summed E-state index contributed by atoms with van der Waals surface area (Å²) in [6, 6.07) is 0. The van der Waals surface area contributed by atoms with E-state index in [1.165, 1.54) is 0 Å². The third-order valence-electron chi connectivity index (χ3n) is 3.74. The monoisotopic (exact) mass is 290 g/mol. The van der Waals surface area contributed by atoms with Crippen LogP contribution in [0.2, 0.25) is 0 Å². The summed E-state index contributed by atoms with van der Waals surface area (Å²) in [7, 11) is -6.23. The smallest absolute Gasteiger partial charge is 0.299 e. The molecule has 4 nitrogen and oxygen atoms in total. The number of fused-ring (bicyclic) bond motifs is 2. The molecule has 2 rings (SSSR count). The van der Waals surface area contributed by atoms with Crippen molar-refractivity contribution in [3.8, 4) is 0 Å². The topological polar surface area (TPSA) is 71.4 Å². The van der Waals surface area contributed by atoms with Crippen molar-refractivity contribution in [2.75, 3.05) is 0 Å². The van der Waals surface area contributed by atoms with Crippen molar-refractivity contribution in [3.05, 3.63) is 0 Å². The lowest BCUT2D eigenvalue weighted by Gasteiger charge is -2.33. The fourth-order valence-electron chi connectivity index (χ4n) is 2.89. The highest BCUT2D eigenvalue weighted by Gasteiger charge is 2.72. The van der Waals surface area contributed by atoms with E-state index in [9.17, 15) is 30.8 Å². The summed E-state index contributed by atoms with van der Waals surface area (Å²) in [6.07, 6.45) is -0.163. The first kappa shape index (κ1) is 13.7. The summed E-state index contributed by atoms with van der Waals surface area (Å²) >= 11 is 0. The van der Waals surface area contributed by atoms with Crippen LogP contribution in [0.4, 0.5) is 17.6 Å². The van der Waals surface area contributed by atoms with Gasteiger partial charge in [-0.05, 0) is 18.8 Å².